The minimum Gasteiger partial charge on any atom is -0.379 e. The number of aryl methyl sites for hydroxylation is 1. The highest BCUT2D eigenvalue weighted by Gasteiger charge is 2.36. The molecule has 0 bridgehead atoms. The number of likely N-dealkylation sites (tertiary alicyclic amines) is 1. The molecule has 0 aliphatic carbocycles. The van der Waals surface area contributed by atoms with Crippen molar-refractivity contribution in [3.8, 4) is 0 Å². The number of aromatic nitrogens is 2. The van der Waals surface area contributed by atoms with Gasteiger partial charge in [-0.05, 0) is 30.9 Å². The number of carbonyl (C=O) groups is 1. The number of carbonyl (C=O) groups excluding carboxylic acids is 1. The van der Waals surface area contributed by atoms with Gasteiger partial charge in [0.2, 0.25) is 0 Å². The van der Waals surface area contributed by atoms with Crippen LogP contribution in [0, 0.1) is 12.8 Å². The zero-order chi connectivity index (χ0) is 18.9. The Morgan fingerprint density at radius 2 is 2.19 bits per heavy atom. The van der Waals surface area contributed by atoms with Gasteiger partial charge in [0.05, 0.1) is 0 Å². The Hall–Kier alpha value is -2.45. The summed E-state index contributed by atoms with van der Waals surface area (Å²) < 4.78 is 37.0. The van der Waals surface area contributed by atoms with E-state index in [2.05, 4.69) is 15.3 Å². The number of nitrogens with one attached hydrogen (secondary N) is 3. The van der Waals surface area contributed by atoms with Crippen LogP contribution in [0.4, 0.5) is 23.7 Å². The maximum Gasteiger partial charge on any atom is 0.405 e. The van der Waals surface area contributed by atoms with E-state index in [0.29, 0.717) is 13.1 Å². The van der Waals surface area contributed by atoms with E-state index in [9.17, 15) is 18.0 Å². The Balaban J connectivity index is 1.72. The summed E-state index contributed by atoms with van der Waals surface area (Å²) in [7, 11) is 0. The first-order chi connectivity index (χ1) is 12.3. The van der Waals surface area contributed by atoms with E-state index >= 15 is 0 Å². The summed E-state index contributed by atoms with van der Waals surface area (Å²) in [5.74, 6) is 0.160. The van der Waals surface area contributed by atoms with Crippen molar-refractivity contribution in [2.75, 3.05) is 25.0 Å². The molecule has 142 valence electrons. The molecule has 0 radical (unpaired) electrons. The molecule has 2 atom stereocenters. The van der Waals surface area contributed by atoms with Crippen LogP contribution in [0.3, 0.4) is 0 Å². The molecule has 1 aliphatic rings. The number of pyridine rings is 1. The van der Waals surface area contributed by atoms with E-state index in [1.54, 1.807) is 6.20 Å². The van der Waals surface area contributed by atoms with Gasteiger partial charge < -0.3 is 20.5 Å². The third-order valence-electron chi connectivity index (χ3n) is 4.80. The number of H-pyrrole nitrogens is 1. The number of hydrogen-bond donors (Lipinski definition) is 3. The summed E-state index contributed by atoms with van der Waals surface area (Å²) in [6.45, 7) is 3.44. The Morgan fingerprint density at radius 3 is 2.88 bits per heavy atom. The summed E-state index contributed by atoms with van der Waals surface area (Å²) >= 11 is 0. The fourth-order valence-electron chi connectivity index (χ4n) is 3.39. The third-order valence-corrected chi connectivity index (χ3v) is 4.80. The second-order valence-corrected chi connectivity index (χ2v) is 6.65. The number of rotatable bonds is 4. The number of alkyl halides is 3. The highest BCUT2D eigenvalue weighted by atomic mass is 19.4. The average molecular weight is 369 g/mol. The molecule has 1 aliphatic heterocycles. The van der Waals surface area contributed by atoms with Gasteiger partial charge in [-0.2, -0.15) is 13.2 Å². The molecular formula is C17H22F3N5O. The van der Waals surface area contributed by atoms with Crippen LogP contribution < -0.4 is 10.6 Å². The van der Waals surface area contributed by atoms with E-state index in [4.69, 9.17) is 0 Å². The van der Waals surface area contributed by atoms with Crippen molar-refractivity contribution < 1.29 is 18.0 Å². The molecule has 0 spiro atoms. The van der Waals surface area contributed by atoms with Gasteiger partial charge in [-0.1, -0.05) is 6.92 Å². The number of amides is 2. The highest BCUT2D eigenvalue weighted by molar-refractivity contribution is 5.91. The van der Waals surface area contributed by atoms with Gasteiger partial charge in [-0.15, -0.1) is 0 Å². The summed E-state index contributed by atoms with van der Waals surface area (Å²) in [6, 6.07) is 1.22. The van der Waals surface area contributed by atoms with Crippen molar-refractivity contribution in [2.45, 2.75) is 32.5 Å². The van der Waals surface area contributed by atoms with Crippen LogP contribution in [0.2, 0.25) is 0 Å². The average Bonchev–Trinajstić information content (AvgIpc) is 3.21. The van der Waals surface area contributed by atoms with Crippen LogP contribution in [0.15, 0.2) is 18.5 Å². The molecule has 3 heterocycles. The van der Waals surface area contributed by atoms with Crippen LogP contribution in [0.5, 0.6) is 0 Å². The Kier molecular flexibility index (Phi) is 4.97. The largest absolute Gasteiger partial charge is 0.405 e. The number of nitrogens with zero attached hydrogens (tertiary/aromatic N) is 2. The minimum atomic E-state index is -4.41. The number of fused-ring (bicyclic) bond motifs is 1. The number of hydrogen-bond acceptors (Lipinski definition) is 3. The molecule has 3 rings (SSSR count). The van der Waals surface area contributed by atoms with Gasteiger partial charge in [-0.3, -0.25) is 0 Å². The summed E-state index contributed by atoms with van der Waals surface area (Å²) in [5.41, 5.74) is 2.69. The second-order valence-electron chi connectivity index (χ2n) is 6.65. The van der Waals surface area contributed by atoms with Crippen molar-refractivity contribution in [1.82, 2.24) is 20.2 Å². The molecule has 26 heavy (non-hydrogen) atoms. The van der Waals surface area contributed by atoms with Crippen LogP contribution >= 0.6 is 0 Å². The van der Waals surface area contributed by atoms with E-state index in [0.717, 1.165) is 28.7 Å². The van der Waals surface area contributed by atoms with Crippen molar-refractivity contribution in [1.29, 1.82) is 0 Å². The number of halogens is 3. The number of aromatic amines is 1. The Bertz CT molecular complexity index is 788. The van der Waals surface area contributed by atoms with Gasteiger partial charge in [0.1, 0.15) is 12.2 Å². The summed E-state index contributed by atoms with van der Waals surface area (Å²) in [4.78, 5) is 20.9. The molecule has 2 aromatic rings. The van der Waals surface area contributed by atoms with Crippen LogP contribution in [-0.2, 0) is 0 Å². The maximum absolute atomic E-state index is 12.3. The van der Waals surface area contributed by atoms with Gasteiger partial charge in [-0.25, -0.2) is 9.78 Å². The SMILES string of the molecule is CC[C@@H]1CN(C(=O)NCC(F)(F)F)C[C@@H]1Nc1c(C)cnc2[nH]ccc12. The predicted octanol–water partition coefficient (Wildman–Crippen LogP) is 3.27. The smallest absolute Gasteiger partial charge is 0.379 e. The van der Waals surface area contributed by atoms with E-state index < -0.39 is 18.8 Å². The fourth-order valence-corrected chi connectivity index (χ4v) is 3.39. The second kappa shape index (κ2) is 7.05. The minimum absolute atomic E-state index is 0.0316. The van der Waals surface area contributed by atoms with Gasteiger partial charge >= 0.3 is 12.2 Å². The Labute approximate surface area is 149 Å². The highest BCUT2D eigenvalue weighted by Crippen LogP contribution is 2.30. The normalized spacial score (nSPS) is 20.6. The molecule has 3 N–H and O–H groups in total. The molecule has 0 aromatic carbocycles. The zero-order valence-corrected chi connectivity index (χ0v) is 14.7. The lowest BCUT2D eigenvalue weighted by Gasteiger charge is -2.21. The lowest BCUT2D eigenvalue weighted by atomic mass is 10.00. The van der Waals surface area contributed by atoms with Crippen molar-refractivity contribution >= 4 is 22.8 Å². The van der Waals surface area contributed by atoms with Crippen molar-refractivity contribution in [3.05, 3.63) is 24.0 Å². The monoisotopic (exact) mass is 369 g/mol. The van der Waals surface area contributed by atoms with Gasteiger partial charge in [0, 0.05) is 42.6 Å². The standard InChI is InChI=1S/C17H22F3N5O/c1-3-11-7-25(16(26)23-9-17(18,19)20)8-13(11)24-14-10(2)6-22-15-12(14)4-5-21-15/h4-6,11,13H,3,7-9H2,1-2H3,(H,23,26)(H2,21,22,24)/t11-,13+/m1/s1. The number of anilines is 1. The van der Waals surface area contributed by atoms with Crippen LogP contribution in [-0.4, -0.2) is 52.8 Å². The van der Waals surface area contributed by atoms with E-state index in [-0.39, 0.29) is 12.0 Å². The molecule has 6 nitrogen and oxygen atoms in total. The maximum atomic E-state index is 12.3. The molecule has 2 amide bonds. The van der Waals surface area contributed by atoms with Gasteiger partial charge in [0.25, 0.3) is 0 Å². The first-order valence-electron chi connectivity index (χ1n) is 8.57. The van der Waals surface area contributed by atoms with E-state index in [1.165, 1.54) is 4.90 Å². The predicted molar refractivity (Wildman–Crippen MR) is 93.0 cm³/mol. The first kappa shape index (κ1) is 18.3. The first-order valence-corrected chi connectivity index (χ1v) is 8.57. The molecule has 1 saturated heterocycles. The van der Waals surface area contributed by atoms with E-state index in [1.807, 2.05) is 31.4 Å². The lowest BCUT2D eigenvalue weighted by Crippen LogP contribution is -2.43. The summed E-state index contributed by atoms with van der Waals surface area (Å²) in [5, 5.41) is 6.40. The van der Waals surface area contributed by atoms with Crippen LogP contribution in [0.1, 0.15) is 18.9 Å². The molecular weight excluding hydrogens is 347 g/mol. The molecule has 0 saturated carbocycles. The molecule has 9 heteroatoms. The lowest BCUT2D eigenvalue weighted by molar-refractivity contribution is -0.123. The Morgan fingerprint density at radius 1 is 1.42 bits per heavy atom. The molecule has 2 aromatic heterocycles. The fraction of sp³-hybridized carbons (Fsp3) is 0.529. The molecule has 1 fully saturated rings. The third kappa shape index (κ3) is 3.86. The van der Waals surface area contributed by atoms with Crippen LogP contribution in [0.25, 0.3) is 11.0 Å². The zero-order valence-electron chi connectivity index (χ0n) is 14.7. The van der Waals surface area contributed by atoms with Crippen molar-refractivity contribution in [2.24, 2.45) is 5.92 Å². The number of urea groups is 1. The van der Waals surface area contributed by atoms with Crippen molar-refractivity contribution in [3.63, 3.8) is 0 Å². The quantitative estimate of drug-likeness (QED) is 0.775. The van der Waals surface area contributed by atoms with Gasteiger partial charge in [0.15, 0.2) is 0 Å². The molecule has 0 unspecified atom stereocenters. The summed E-state index contributed by atoms with van der Waals surface area (Å²) in [6.07, 6.45) is -0.0115. The topological polar surface area (TPSA) is 73.1 Å².